The molecule has 1 heterocycles. The maximum absolute atomic E-state index is 12.3. The SMILES string of the molecule is CCOc1ccc(NC(=O)NC[C@H]2CC(=O)N(c3ccc(C)cc3)C2)cc1. The number of ether oxygens (including phenoxy) is 1. The lowest BCUT2D eigenvalue weighted by Crippen LogP contribution is -2.34. The Bertz CT molecular complexity index is 787. The van der Waals surface area contributed by atoms with E-state index < -0.39 is 0 Å². The van der Waals surface area contributed by atoms with Gasteiger partial charge in [-0.05, 0) is 50.2 Å². The Morgan fingerprint density at radius 1 is 1.15 bits per heavy atom. The van der Waals surface area contributed by atoms with Crippen LogP contribution in [0.1, 0.15) is 18.9 Å². The lowest BCUT2D eigenvalue weighted by atomic mass is 10.1. The second-order valence-electron chi connectivity index (χ2n) is 6.70. The van der Waals surface area contributed by atoms with Gasteiger partial charge in [-0.2, -0.15) is 0 Å². The first-order chi connectivity index (χ1) is 13.0. The average molecular weight is 367 g/mol. The minimum absolute atomic E-state index is 0.0950. The van der Waals surface area contributed by atoms with E-state index in [0.29, 0.717) is 31.8 Å². The predicted molar refractivity (Wildman–Crippen MR) is 106 cm³/mol. The fourth-order valence-corrected chi connectivity index (χ4v) is 3.11. The number of amides is 3. The maximum atomic E-state index is 12.3. The molecule has 27 heavy (non-hydrogen) atoms. The van der Waals surface area contributed by atoms with Crippen molar-refractivity contribution in [1.82, 2.24) is 5.32 Å². The summed E-state index contributed by atoms with van der Waals surface area (Å²) in [4.78, 5) is 26.2. The van der Waals surface area contributed by atoms with Crippen LogP contribution in [0.15, 0.2) is 48.5 Å². The fourth-order valence-electron chi connectivity index (χ4n) is 3.11. The van der Waals surface area contributed by atoms with Crippen molar-refractivity contribution in [2.75, 3.05) is 29.9 Å². The van der Waals surface area contributed by atoms with Crippen molar-refractivity contribution in [2.45, 2.75) is 20.3 Å². The number of nitrogens with one attached hydrogen (secondary N) is 2. The molecule has 1 aliphatic rings. The smallest absolute Gasteiger partial charge is 0.319 e. The number of carbonyl (C=O) groups is 2. The van der Waals surface area contributed by atoms with Gasteiger partial charge >= 0.3 is 6.03 Å². The molecule has 0 aromatic heterocycles. The van der Waals surface area contributed by atoms with Crippen molar-refractivity contribution in [3.63, 3.8) is 0 Å². The Hall–Kier alpha value is -3.02. The Kier molecular flexibility index (Phi) is 5.96. The highest BCUT2D eigenvalue weighted by molar-refractivity contribution is 5.96. The molecular formula is C21H25N3O3. The number of urea groups is 1. The number of rotatable bonds is 6. The van der Waals surface area contributed by atoms with Crippen LogP contribution in [0.25, 0.3) is 0 Å². The molecule has 6 nitrogen and oxygen atoms in total. The zero-order chi connectivity index (χ0) is 19.2. The number of anilines is 2. The molecule has 1 aliphatic heterocycles. The second kappa shape index (κ2) is 8.58. The van der Waals surface area contributed by atoms with Gasteiger partial charge in [0.25, 0.3) is 0 Å². The molecule has 6 heteroatoms. The molecule has 2 aromatic rings. The van der Waals surface area contributed by atoms with Gasteiger partial charge in [0.1, 0.15) is 5.75 Å². The van der Waals surface area contributed by atoms with Gasteiger partial charge in [0.15, 0.2) is 0 Å². The maximum Gasteiger partial charge on any atom is 0.319 e. The number of hydrogen-bond acceptors (Lipinski definition) is 3. The van der Waals surface area contributed by atoms with E-state index in [1.807, 2.05) is 50.2 Å². The topological polar surface area (TPSA) is 70.7 Å². The summed E-state index contributed by atoms with van der Waals surface area (Å²) in [6, 6.07) is 14.9. The molecule has 0 spiro atoms. The number of carbonyl (C=O) groups excluding carboxylic acids is 2. The number of benzene rings is 2. The van der Waals surface area contributed by atoms with Gasteiger partial charge in [0.05, 0.1) is 6.61 Å². The molecule has 0 saturated carbocycles. The summed E-state index contributed by atoms with van der Waals surface area (Å²) < 4.78 is 5.38. The van der Waals surface area contributed by atoms with Gasteiger partial charge in [0, 0.05) is 36.8 Å². The van der Waals surface area contributed by atoms with Crippen molar-refractivity contribution >= 4 is 23.3 Å². The van der Waals surface area contributed by atoms with Gasteiger partial charge in [-0.25, -0.2) is 4.79 Å². The number of hydrogen-bond donors (Lipinski definition) is 2. The Balaban J connectivity index is 1.47. The van der Waals surface area contributed by atoms with Crippen LogP contribution >= 0.6 is 0 Å². The van der Waals surface area contributed by atoms with E-state index in [-0.39, 0.29) is 17.9 Å². The van der Waals surface area contributed by atoms with Crippen LogP contribution in [0.2, 0.25) is 0 Å². The monoisotopic (exact) mass is 367 g/mol. The molecule has 0 aliphatic carbocycles. The van der Waals surface area contributed by atoms with Crippen LogP contribution in [-0.2, 0) is 4.79 Å². The Morgan fingerprint density at radius 2 is 1.85 bits per heavy atom. The zero-order valence-electron chi connectivity index (χ0n) is 15.7. The summed E-state index contributed by atoms with van der Waals surface area (Å²) in [7, 11) is 0. The molecule has 0 bridgehead atoms. The molecule has 0 unspecified atom stereocenters. The van der Waals surface area contributed by atoms with Gasteiger partial charge in [-0.1, -0.05) is 17.7 Å². The van der Waals surface area contributed by atoms with E-state index in [9.17, 15) is 9.59 Å². The largest absolute Gasteiger partial charge is 0.494 e. The molecule has 142 valence electrons. The standard InChI is InChI=1S/C21H25N3O3/c1-3-27-19-10-6-17(7-11-19)23-21(26)22-13-16-12-20(25)24(14-16)18-8-4-15(2)5-9-18/h4-11,16H,3,12-14H2,1-2H3,(H2,22,23,26)/t16-/m1/s1. The van der Waals surface area contributed by atoms with Crippen molar-refractivity contribution in [3.05, 3.63) is 54.1 Å². The van der Waals surface area contributed by atoms with Crippen LogP contribution in [0.4, 0.5) is 16.2 Å². The zero-order valence-corrected chi connectivity index (χ0v) is 15.7. The van der Waals surface area contributed by atoms with Gasteiger partial charge < -0.3 is 20.3 Å². The van der Waals surface area contributed by atoms with Crippen molar-refractivity contribution in [2.24, 2.45) is 5.92 Å². The minimum atomic E-state index is -0.277. The van der Waals surface area contributed by atoms with E-state index in [0.717, 1.165) is 17.0 Å². The molecule has 3 rings (SSSR count). The van der Waals surface area contributed by atoms with E-state index in [1.54, 1.807) is 17.0 Å². The van der Waals surface area contributed by atoms with Gasteiger partial charge in [-0.3, -0.25) is 4.79 Å². The van der Waals surface area contributed by atoms with Crippen molar-refractivity contribution in [3.8, 4) is 5.75 Å². The van der Waals surface area contributed by atoms with Crippen LogP contribution in [0.3, 0.4) is 0 Å². The third kappa shape index (κ3) is 5.00. The van der Waals surface area contributed by atoms with Gasteiger partial charge in [0.2, 0.25) is 5.91 Å². The van der Waals surface area contributed by atoms with Crippen LogP contribution in [0.5, 0.6) is 5.75 Å². The van der Waals surface area contributed by atoms with Crippen LogP contribution < -0.4 is 20.3 Å². The molecule has 1 atom stereocenters. The third-order valence-corrected chi connectivity index (χ3v) is 4.53. The lowest BCUT2D eigenvalue weighted by molar-refractivity contribution is -0.117. The molecule has 1 fully saturated rings. The van der Waals surface area contributed by atoms with Gasteiger partial charge in [-0.15, -0.1) is 0 Å². The molecule has 0 radical (unpaired) electrons. The summed E-state index contributed by atoms with van der Waals surface area (Å²) in [6.07, 6.45) is 0.442. The predicted octanol–water partition coefficient (Wildman–Crippen LogP) is 3.57. The summed E-state index contributed by atoms with van der Waals surface area (Å²) in [5.41, 5.74) is 2.77. The first-order valence-electron chi connectivity index (χ1n) is 9.20. The van der Waals surface area contributed by atoms with Crippen LogP contribution in [-0.4, -0.2) is 31.6 Å². The Labute approximate surface area is 159 Å². The molecule has 2 aromatic carbocycles. The Morgan fingerprint density at radius 3 is 2.52 bits per heavy atom. The highest BCUT2D eigenvalue weighted by atomic mass is 16.5. The van der Waals surface area contributed by atoms with Crippen LogP contribution in [0, 0.1) is 12.8 Å². The summed E-state index contributed by atoms with van der Waals surface area (Å²) in [5, 5.41) is 5.65. The van der Waals surface area contributed by atoms with E-state index >= 15 is 0 Å². The fraction of sp³-hybridized carbons (Fsp3) is 0.333. The first-order valence-corrected chi connectivity index (χ1v) is 9.20. The first kappa shape index (κ1) is 18.8. The summed E-state index contributed by atoms with van der Waals surface area (Å²) >= 11 is 0. The van der Waals surface area contributed by atoms with E-state index in [1.165, 1.54) is 0 Å². The van der Waals surface area contributed by atoms with Crippen molar-refractivity contribution < 1.29 is 14.3 Å². The molecule has 2 N–H and O–H groups in total. The van der Waals surface area contributed by atoms with Crippen molar-refractivity contribution in [1.29, 1.82) is 0 Å². The van der Waals surface area contributed by atoms with E-state index in [4.69, 9.17) is 4.74 Å². The van der Waals surface area contributed by atoms with E-state index in [2.05, 4.69) is 10.6 Å². The normalized spacial score (nSPS) is 16.3. The summed E-state index contributed by atoms with van der Waals surface area (Å²) in [6.45, 7) is 5.62. The number of nitrogens with zero attached hydrogens (tertiary/aromatic N) is 1. The lowest BCUT2D eigenvalue weighted by Gasteiger charge is -2.17. The quantitative estimate of drug-likeness (QED) is 0.820. The molecular weight excluding hydrogens is 342 g/mol. The number of aryl methyl sites for hydroxylation is 1. The average Bonchev–Trinajstić information content (AvgIpc) is 3.03. The molecule has 1 saturated heterocycles. The summed E-state index contributed by atoms with van der Waals surface area (Å²) in [5.74, 6) is 0.964. The highest BCUT2D eigenvalue weighted by Crippen LogP contribution is 2.25. The molecule has 3 amide bonds. The highest BCUT2D eigenvalue weighted by Gasteiger charge is 2.30. The minimum Gasteiger partial charge on any atom is -0.494 e. The second-order valence-corrected chi connectivity index (χ2v) is 6.70. The third-order valence-electron chi connectivity index (χ3n) is 4.53.